The maximum atomic E-state index is 13.0. The minimum Gasteiger partial charge on any atom is -0.494 e. The van der Waals surface area contributed by atoms with Gasteiger partial charge < -0.3 is 10.1 Å². The number of nitrogens with one attached hydrogen (secondary N) is 1. The smallest absolute Gasteiger partial charge is 0.294 e. The Morgan fingerprint density at radius 1 is 1.06 bits per heavy atom. The number of hydrogen-bond acceptors (Lipinski definition) is 6. The van der Waals surface area contributed by atoms with Gasteiger partial charge in [0.1, 0.15) is 11.4 Å². The van der Waals surface area contributed by atoms with Gasteiger partial charge in [0.15, 0.2) is 0 Å². The fourth-order valence-electron chi connectivity index (χ4n) is 5.03. The molecule has 1 N–H and O–H groups in total. The number of nitrogens with zero attached hydrogens (tertiary/aromatic N) is 2. The maximum absolute atomic E-state index is 13.0. The molecule has 2 amide bonds. The second-order valence-corrected chi connectivity index (χ2v) is 8.05. The number of allylic oxidation sites excluding steroid dienone is 2. The van der Waals surface area contributed by atoms with E-state index in [2.05, 4.69) is 5.32 Å². The standard InChI is InChI=1S/C23H21N3O5/c1-2-31-17-8-5-15(6-9-17)24-18-10-7-16(12-19(18)26(29)30)25-22(27)20-13-3-4-14(11-13)21(20)23(25)28/h3-10,12-14,20-21,24H,2,11H2,1H3/t13-,14-,20-,21-/m0/s1. The third-order valence-corrected chi connectivity index (χ3v) is 6.35. The number of benzene rings is 2. The van der Waals surface area contributed by atoms with Gasteiger partial charge in [0, 0.05) is 11.8 Å². The number of hydrogen-bond donors (Lipinski definition) is 1. The molecule has 2 aliphatic carbocycles. The number of anilines is 3. The van der Waals surface area contributed by atoms with Crippen LogP contribution in [0.25, 0.3) is 0 Å². The molecule has 2 aromatic carbocycles. The second-order valence-electron chi connectivity index (χ2n) is 8.05. The van der Waals surface area contributed by atoms with E-state index < -0.39 is 4.92 Å². The summed E-state index contributed by atoms with van der Waals surface area (Å²) < 4.78 is 5.41. The predicted octanol–water partition coefficient (Wildman–Crippen LogP) is 4.05. The molecule has 1 heterocycles. The van der Waals surface area contributed by atoms with Crippen molar-refractivity contribution < 1.29 is 19.2 Å². The topological polar surface area (TPSA) is 102 Å². The summed E-state index contributed by atoms with van der Waals surface area (Å²) in [6.45, 7) is 2.44. The van der Waals surface area contributed by atoms with Gasteiger partial charge in [-0.3, -0.25) is 19.7 Å². The van der Waals surface area contributed by atoms with E-state index in [1.165, 1.54) is 12.1 Å². The van der Waals surface area contributed by atoms with Gasteiger partial charge in [0.25, 0.3) is 5.69 Å². The highest BCUT2D eigenvalue weighted by molar-refractivity contribution is 6.23. The molecule has 8 nitrogen and oxygen atoms in total. The summed E-state index contributed by atoms with van der Waals surface area (Å²) in [4.78, 5) is 38.4. The monoisotopic (exact) mass is 419 g/mol. The quantitative estimate of drug-likeness (QED) is 0.328. The van der Waals surface area contributed by atoms with Crippen molar-refractivity contribution in [3.05, 3.63) is 64.7 Å². The molecule has 0 aromatic heterocycles. The van der Waals surface area contributed by atoms with Gasteiger partial charge in [-0.1, -0.05) is 12.2 Å². The van der Waals surface area contributed by atoms with E-state index >= 15 is 0 Å². The lowest BCUT2D eigenvalue weighted by Crippen LogP contribution is -2.32. The number of rotatable bonds is 6. The molecule has 31 heavy (non-hydrogen) atoms. The molecular weight excluding hydrogens is 398 g/mol. The third-order valence-electron chi connectivity index (χ3n) is 6.35. The van der Waals surface area contributed by atoms with E-state index in [0.717, 1.165) is 11.3 Å². The Morgan fingerprint density at radius 2 is 1.71 bits per heavy atom. The highest BCUT2D eigenvalue weighted by Crippen LogP contribution is 2.53. The van der Waals surface area contributed by atoms with Crippen molar-refractivity contribution in [2.75, 3.05) is 16.8 Å². The van der Waals surface area contributed by atoms with Crippen molar-refractivity contribution in [1.29, 1.82) is 0 Å². The zero-order valence-electron chi connectivity index (χ0n) is 16.9. The van der Waals surface area contributed by atoms with Crippen LogP contribution in [-0.4, -0.2) is 23.3 Å². The second kappa shape index (κ2) is 7.23. The van der Waals surface area contributed by atoms with E-state index in [-0.39, 0.29) is 52.5 Å². The molecular formula is C23H21N3O5. The van der Waals surface area contributed by atoms with Crippen molar-refractivity contribution >= 4 is 34.6 Å². The van der Waals surface area contributed by atoms with Gasteiger partial charge >= 0.3 is 0 Å². The number of carbonyl (C=O) groups is 2. The van der Waals surface area contributed by atoms with Crippen LogP contribution in [-0.2, 0) is 9.59 Å². The van der Waals surface area contributed by atoms with Crippen LogP contribution in [0.2, 0.25) is 0 Å². The van der Waals surface area contributed by atoms with Crippen molar-refractivity contribution in [2.24, 2.45) is 23.7 Å². The molecule has 1 saturated carbocycles. The van der Waals surface area contributed by atoms with Crippen LogP contribution >= 0.6 is 0 Å². The summed E-state index contributed by atoms with van der Waals surface area (Å²) in [5, 5.41) is 14.8. The zero-order chi connectivity index (χ0) is 21.7. The van der Waals surface area contributed by atoms with Crippen LogP contribution in [0.3, 0.4) is 0 Å². The first-order valence-electron chi connectivity index (χ1n) is 10.3. The lowest BCUT2D eigenvalue weighted by atomic mass is 9.85. The normalized spacial score (nSPS) is 25.8. The highest BCUT2D eigenvalue weighted by atomic mass is 16.6. The fraction of sp³-hybridized carbons (Fsp3) is 0.304. The molecule has 158 valence electrons. The van der Waals surface area contributed by atoms with Crippen LogP contribution in [0, 0.1) is 33.8 Å². The molecule has 0 radical (unpaired) electrons. The predicted molar refractivity (Wildman–Crippen MR) is 114 cm³/mol. The third kappa shape index (κ3) is 3.06. The highest BCUT2D eigenvalue weighted by Gasteiger charge is 2.59. The van der Waals surface area contributed by atoms with Crippen LogP contribution in [0.15, 0.2) is 54.6 Å². The van der Waals surface area contributed by atoms with Crippen molar-refractivity contribution in [2.45, 2.75) is 13.3 Å². The molecule has 2 bridgehead atoms. The largest absolute Gasteiger partial charge is 0.494 e. The Kier molecular flexibility index (Phi) is 4.50. The van der Waals surface area contributed by atoms with Gasteiger partial charge in [-0.05, 0) is 61.6 Å². The van der Waals surface area contributed by atoms with Crippen molar-refractivity contribution in [3.8, 4) is 5.75 Å². The van der Waals surface area contributed by atoms with Crippen LogP contribution in [0.4, 0.5) is 22.7 Å². The summed E-state index contributed by atoms with van der Waals surface area (Å²) in [5.74, 6) is -0.315. The number of ether oxygens (including phenoxy) is 1. The van der Waals surface area contributed by atoms with Gasteiger partial charge in [0.05, 0.1) is 29.1 Å². The molecule has 1 saturated heterocycles. The van der Waals surface area contributed by atoms with E-state index in [0.29, 0.717) is 18.0 Å². The summed E-state index contributed by atoms with van der Waals surface area (Å²) in [6.07, 6.45) is 4.88. The van der Waals surface area contributed by atoms with Crippen molar-refractivity contribution in [3.63, 3.8) is 0 Å². The zero-order valence-corrected chi connectivity index (χ0v) is 16.9. The van der Waals surface area contributed by atoms with Gasteiger partial charge in [0.2, 0.25) is 11.8 Å². The lowest BCUT2D eigenvalue weighted by molar-refractivity contribution is -0.383. The van der Waals surface area contributed by atoms with Crippen LogP contribution < -0.4 is 15.0 Å². The number of nitro benzene ring substituents is 1. The first-order chi connectivity index (χ1) is 15.0. The maximum Gasteiger partial charge on any atom is 0.294 e. The average molecular weight is 419 g/mol. The Morgan fingerprint density at radius 3 is 2.29 bits per heavy atom. The molecule has 3 aliphatic rings. The first-order valence-corrected chi connectivity index (χ1v) is 10.3. The molecule has 0 unspecified atom stereocenters. The molecule has 1 aliphatic heterocycles. The minimum absolute atomic E-state index is 0.0898. The number of fused-ring (bicyclic) bond motifs is 5. The molecule has 4 atom stereocenters. The Hall–Kier alpha value is -3.68. The molecule has 5 rings (SSSR count). The van der Waals surface area contributed by atoms with E-state index in [1.807, 2.05) is 19.1 Å². The van der Waals surface area contributed by atoms with Crippen LogP contribution in [0.5, 0.6) is 5.75 Å². The Balaban J connectivity index is 1.43. The number of imide groups is 1. The lowest BCUT2D eigenvalue weighted by Gasteiger charge is -2.18. The number of amides is 2. The molecule has 0 spiro atoms. The Labute approximate surface area is 178 Å². The summed E-state index contributed by atoms with van der Waals surface area (Å²) in [5.41, 5.74) is 0.974. The summed E-state index contributed by atoms with van der Waals surface area (Å²) in [7, 11) is 0. The minimum atomic E-state index is -0.516. The molecule has 2 fully saturated rings. The first kappa shape index (κ1) is 19.3. The Bertz CT molecular complexity index is 1080. The number of nitro groups is 1. The summed E-state index contributed by atoms with van der Waals surface area (Å²) >= 11 is 0. The SMILES string of the molecule is CCOc1ccc(Nc2ccc(N3C(=O)[C@@H]4[C@@H](C3=O)[C@H]3C=C[C@H]4C3)cc2[N+](=O)[O-])cc1. The molecule has 2 aromatic rings. The van der Waals surface area contributed by atoms with E-state index in [9.17, 15) is 19.7 Å². The summed E-state index contributed by atoms with van der Waals surface area (Å²) in [6, 6.07) is 11.5. The van der Waals surface area contributed by atoms with E-state index in [4.69, 9.17) is 4.74 Å². The van der Waals surface area contributed by atoms with Gasteiger partial charge in [-0.15, -0.1) is 0 Å². The van der Waals surface area contributed by atoms with Gasteiger partial charge in [-0.2, -0.15) is 0 Å². The number of carbonyl (C=O) groups excluding carboxylic acids is 2. The van der Waals surface area contributed by atoms with Crippen molar-refractivity contribution in [1.82, 2.24) is 0 Å². The van der Waals surface area contributed by atoms with E-state index in [1.54, 1.807) is 30.3 Å². The van der Waals surface area contributed by atoms with Gasteiger partial charge in [-0.25, -0.2) is 4.90 Å². The fourth-order valence-corrected chi connectivity index (χ4v) is 5.03. The average Bonchev–Trinajstić information content (AvgIpc) is 3.44. The van der Waals surface area contributed by atoms with Crippen LogP contribution in [0.1, 0.15) is 13.3 Å². The molecule has 8 heteroatoms.